The summed E-state index contributed by atoms with van der Waals surface area (Å²) >= 11 is 1.55. The van der Waals surface area contributed by atoms with Crippen LogP contribution in [0.15, 0.2) is 41.0 Å². The molecule has 1 aliphatic rings. The van der Waals surface area contributed by atoms with Crippen LogP contribution in [0.5, 0.6) is 0 Å². The maximum Gasteiger partial charge on any atom is 0.230 e. The molecule has 0 spiro atoms. The van der Waals surface area contributed by atoms with Gasteiger partial charge in [0.1, 0.15) is 6.26 Å². The standard InChI is InChI=1S/C18H23N3O2S.ClH/c19-14-6-8-15(9-7-14)20-17(22)12-24-11-16-10-23-18(21-16)13-4-2-1-3-5-13;/h1-5,10,14-15H,6-9,11-12,19H2,(H,20,22);1H. The van der Waals surface area contributed by atoms with Crippen molar-refractivity contribution in [2.75, 3.05) is 5.75 Å². The van der Waals surface area contributed by atoms with Crippen molar-refractivity contribution in [3.8, 4) is 11.5 Å². The summed E-state index contributed by atoms with van der Waals surface area (Å²) in [7, 11) is 0. The molecule has 136 valence electrons. The van der Waals surface area contributed by atoms with Crippen LogP contribution in [0.3, 0.4) is 0 Å². The number of nitrogens with one attached hydrogen (secondary N) is 1. The first kappa shape index (κ1) is 19.8. The van der Waals surface area contributed by atoms with Crippen LogP contribution >= 0.6 is 24.2 Å². The van der Waals surface area contributed by atoms with Gasteiger partial charge in [-0.25, -0.2) is 4.98 Å². The van der Waals surface area contributed by atoms with Crippen molar-refractivity contribution in [2.45, 2.75) is 43.5 Å². The summed E-state index contributed by atoms with van der Waals surface area (Å²) in [4.78, 5) is 16.5. The van der Waals surface area contributed by atoms with Crippen molar-refractivity contribution >= 4 is 30.1 Å². The molecule has 0 bridgehead atoms. The summed E-state index contributed by atoms with van der Waals surface area (Å²) in [6.45, 7) is 0. The van der Waals surface area contributed by atoms with Gasteiger partial charge in [0, 0.05) is 23.4 Å². The lowest BCUT2D eigenvalue weighted by Crippen LogP contribution is -2.41. The summed E-state index contributed by atoms with van der Waals surface area (Å²) < 4.78 is 5.50. The van der Waals surface area contributed by atoms with E-state index in [2.05, 4.69) is 10.3 Å². The Morgan fingerprint density at radius 1 is 1.24 bits per heavy atom. The minimum atomic E-state index is 0. The number of carbonyl (C=O) groups excluding carboxylic acids is 1. The zero-order chi connectivity index (χ0) is 16.8. The van der Waals surface area contributed by atoms with Crippen LogP contribution in [0.1, 0.15) is 31.4 Å². The van der Waals surface area contributed by atoms with Crippen LogP contribution < -0.4 is 11.1 Å². The molecule has 1 fully saturated rings. The predicted molar refractivity (Wildman–Crippen MR) is 104 cm³/mol. The topological polar surface area (TPSA) is 81.1 Å². The van der Waals surface area contributed by atoms with Gasteiger partial charge >= 0.3 is 0 Å². The molecule has 3 N–H and O–H groups in total. The highest BCUT2D eigenvalue weighted by atomic mass is 35.5. The molecule has 7 heteroatoms. The Kier molecular flexibility index (Phi) is 7.81. The van der Waals surface area contributed by atoms with Crippen LogP contribution in [0, 0.1) is 0 Å². The number of nitrogens with two attached hydrogens (primary N) is 1. The first-order valence-corrected chi connectivity index (χ1v) is 9.48. The van der Waals surface area contributed by atoms with Crippen molar-refractivity contribution in [3.63, 3.8) is 0 Å². The molecule has 1 saturated carbocycles. The summed E-state index contributed by atoms with van der Waals surface area (Å²) in [6.07, 6.45) is 5.64. The highest BCUT2D eigenvalue weighted by Gasteiger charge is 2.19. The zero-order valence-corrected chi connectivity index (χ0v) is 15.7. The number of rotatable bonds is 6. The van der Waals surface area contributed by atoms with Crippen LogP contribution in [0.2, 0.25) is 0 Å². The number of aromatic nitrogens is 1. The molecule has 5 nitrogen and oxygen atoms in total. The third-order valence-electron chi connectivity index (χ3n) is 4.19. The van der Waals surface area contributed by atoms with Gasteiger partial charge in [-0.1, -0.05) is 18.2 Å². The molecule has 0 unspecified atom stereocenters. The second kappa shape index (κ2) is 9.85. The average molecular weight is 382 g/mol. The number of hydrogen-bond donors (Lipinski definition) is 2. The quantitative estimate of drug-likeness (QED) is 0.801. The first-order chi connectivity index (χ1) is 11.7. The minimum Gasteiger partial charge on any atom is -0.444 e. The summed E-state index contributed by atoms with van der Waals surface area (Å²) in [5, 5.41) is 3.10. The van der Waals surface area contributed by atoms with Gasteiger partial charge in [0.2, 0.25) is 11.8 Å². The molecular formula is C18H24ClN3O2S. The number of nitrogens with zero attached hydrogens (tertiary/aromatic N) is 1. The van der Waals surface area contributed by atoms with Crippen LogP contribution in [0.25, 0.3) is 11.5 Å². The highest BCUT2D eigenvalue weighted by molar-refractivity contribution is 7.99. The number of benzene rings is 1. The number of amides is 1. The Morgan fingerprint density at radius 2 is 1.96 bits per heavy atom. The fourth-order valence-corrected chi connectivity index (χ4v) is 3.58. The van der Waals surface area contributed by atoms with E-state index in [4.69, 9.17) is 10.2 Å². The third-order valence-corrected chi connectivity index (χ3v) is 5.16. The van der Waals surface area contributed by atoms with E-state index in [0.717, 1.165) is 36.9 Å². The molecule has 0 radical (unpaired) electrons. The lowest BCUT2D eigenvalue weighted by atomic mass is 9.92. The van der Waals surface area contributed by atoms with Crippen molar-refractivity contribution in [1.29, 1.82) is 0 Å². The Bertz CT molecular complexity index is 657. The average Bonchev–Trinajstić information content (AvgIpc) is 3.07. The molecule has 1 aliphatic carbocycles. The molecule has 1 aromatic carbocycles. The molecule has 3 rings (SSSR count). The second-order valence-corrected chi connectivity index (χ2v) is 7.17. The number of oxazole rings is 1. The van der Waals surface area contributed by atoms with Gasteiger partial charge < -0.3 is 15.5 Å². The third kappa shape index (κ3) is 6.06. The molecule has 25 heavy (non-hydrogen) atoms. The predicted octanol–water partition coefficient (Wildman–Crippen LogP) is 3.38. The second-order valence-electron chi connectivity index (χ2n) is 6.18. The molecular weight excluding hydrogens is 358 g/mol. The molecule has 0 aliphatic heterocycles. The number of carbonyl (C=O) groups is 1. The van der Waals surface area contributed by atoms with Crippen molar-refractivity contribution < 1.29 is 9.21 Å². The lowest BCUT2D eigenvalue weighted by molar-refractivity contribution is -0.119. The number of hydrogen-bond acceptors (Lipinski definition) is 5. The molecule has 1 heterocycles. The maximum atomic E-state index is 12.0. The van der Waals surface area contributed by atoms with E-state index >= 15 is 0 Å². The van der Waals surface area contributed by atoms with Gasteiger partial charge in [-0.2, -0.15) is 0 Å². The van der Waals surface area contributed by atoms with Crippen LogP contribution in [-0.2, 0) is 10.5 Å². The lowest BCUT2D eigenvalue weighted by Gasteiger charge is -2.26. The molecule has 1 aromatic heterocycles. The Morgan fingerprint density at radius 3 is 2.68 bits per heavy atom. The molecule has 2 aromatic rings. The van der Waals surface area contributed by atoms with Gasteiger partial charge in [0.25, 0.3) is 0 Å². The van der Waals surface area contributed by atoms with E-state index in [9.17, 15) is 4.79 Å². The SMILES string of the molecule is Cl.NC1CCC(NC(=O)CSCc2coc(-c3ccccc3)n2)CC1. The van der Waals surface area contributed by atoms with Gasteiger partial charge in [-0.3, -0.25) is 4.79 Å². The monoisotopic (exact) mass is 381 g/mol. The molecule has 1 amide bonds. The van der Waals surface area contributed by atoms with E-state index in [1.54, 1.807) is 18.0 Å². The van der Waals surface area contributed by atoms with Crippen LogP contribution in [-0.4, -0.2) is 28.7 Å². The van der Waals surface area contributed by atoms with E-state index in [1.165, 1.54) is 0 Å². The first-order valence-electron chi connectivity index (χ1n) is 8.33. The molecule has 0 saturated heterocycles. The van der Waals surface area contributed by atoms with Gasteiger partial charge in [0.15, 0.2) is 0 Å². The van der Waals surface area contributed by atoms with Gasteiger partial charge in [-0.05, 0) is 37.8 Å². The summed E-state index contributed by atoms with van der Waals surface area (Å²) in [5.41, 5.74) is 7.70. The minimum absolute atomic E-state index is 0. The zero-order valence-electron chi connectivity index (χ0n) is 14.0. The largest absolute Gasteiger partial charge is 0.444 e. The maximum absolute atomic E-state index is 12.0. The van der Waals surface area contributed by atoms with E-state index in [-0.39, 0.29) is 24.4 Å². The number of halogens is 1. The van der Waals surface area contributed by atoms with Crippen molar-refractivity contribution in [3.05, 3.63) is 42.3 Å². The van der Waals surface area contributed by atoms with Gasteiger partial charge in [0.05, 0.1) is 11.4 Å². The Hall–Kier alpha value is -1.50. The van der Waals surface area contributed by atoms with Gasteiger partial charge in [-0.15, -0.1) is 24.2 Å². The van der Waals surface area contributed by atoms with E-state index < -0.39 is 0 Å². The molecule has 0 atom stereocenters. The van der Waals surface area contributed by atoms with Crippen molar-refractivity contribution in [1.82, 2.24) is 10.3 Å². The summed E-state index contributed by atoms with van der Waals surface area (Å²) in [6, 6.07) is 10.4. The Balaban J connectivity index is 0.00000225. The smallest absolute Gasteiger partial charge is 0.230 e. The van der Waals surface area contributed by atoms with E-state index in [1.807, 2.05) is 30.3 Å². The van der Waals surface area contributed by atoms with Crippen LogP contribution in [0.4, 0.5) is 0 Å². The fourth-order valence-electron chi connectivity index (χ4n) is 2.87. The highest BCUT2D eigenvalue weighted by Crippen LogP contribution is 2.21. The fraction of sp³-hybridized carbons (Fsp3) is 0.444. The normalized spacial score (nSPS) is 19.9. The number of thioether (sulfide) groups is 1. The van der Waals surface area contributed by atoms with Crippen molar-refractivity contribution in [2.24, 2.45) is 5.73 Å². The van der Waals surface area contributed by atoms with E-state index in [0.29, 0.717) is 23.4 Å². The summed E-state index contributed by atoms with van der Waals surface area (Å²) in [5.74, 6) is 1.82. The Labute approximate surface area is 158 Å².